The second kappa shape index (κ2) is 3.62. The van der Waals surface area contributed by atoms with Crippen LogP contribution in [0.25, 0.3) is 10.9 Å². The number of hydrogen-bond acceptors (Lipinski definition) is 4. The standard InChI is InChI=1S/C10H9N3O2/c11-6-7-4-5-8-9(12-7)2-1-3-10(8)13(14)15/h1-5H,6,11H2. The molecule has 15 heavy (non-hydrogen) atoms. The maximum atomic E-state index is 10.7. The van der Waals surface area contributed by atoms with Gasteiger partial charge in [-0.05, 0) is 18.2 Å². The lowest BCUT2D eigenvalue weighted by Crippen LogP contribution is -1.99. The van der Waals surface area contributed by atoms with E-state index in [1.54, 1.807) is 24.3 Å². The Labute approximate surface area is 85.7 Å². The van der Waals surface area contributed by atoms with Crippen LogP contribution in [-0.4, -0.2) is 9.91 Å². The third-order valence-corrected chi connectivity index (χ3v) is 2.17. The van der Waals surface area contributed by atoms with Gasteiger partial charge in [0.15, 0.2) is 0 Å². The van der Waals surface area contributed by atoms with Gasteiger partial charge in [0.05, 0.1) is 21.5 Å². The number of aromatic nitrogens is 1. The van der Waals surface area contributed by atoms with E-state index in [9.17, 15) is 10.1 Å². The van der Waals surface area contributed by atoms with E-state index in [-0.39, 0.29) is 5.69 Å². The van der Waals surface area contributed by atoms with Crippen molar-refractivity contribution in [3.8, 4) is 0 Å². The number of nitrogens with two attached hydrogens (primary N) is 1. The Morgan fingerprint density at radius 1 is 1.33 bits per heavy atom. The molecule has 2 N–H and O–H groups in total. The van der Waals surface area contributed by atoms with Gasteiger partial charge in [-0.15, -0.1) is 0 Å². The predicted octanol–water partition coefficient (Wildman–Crippen LogP) is 1.60. The summed E-state index contributed by atoms with van der Waals surface area (Å²) in [5.74, 6) is 0. The van der Waals surface area contributed by atoms with Gasteiger partial charge in [-0.2, -0.15) is 0 Å². The fourth-order valence-corrected chi connectivity index (χ4v) is 1.45. The monoisotopic (exact) mass is 203 g/mol. The maximum absolute atomic E-state index is 10.7. The van der Waals surface area contributed by atoms with E-state index >= 15 is 0 Å². The van der Waals surface area contributed by atoms with Crippen LogP contribution in [-0.2, 0) is 6.54 Å². The number of rotatable bonds is 2. The zero-order valence-electron chi connectivity index (χ0n) is 7.88. The van der Waals surface area contributed by atoms with Crippen molar-refractivity contribution in [2.45, 2.75) is 6.54 Å². The Balaban J connectivity index is 2.72. The number of non-ortho nitro benzene ring substituents is 1. The van der Waals surface area contributed by atoms with Crippen LogP contribution in [0, 0.1) is 10.1 Å². The smallest absolute Gasteiger partial charge is 0.278 e. The summed E-state index contributed by atoms with van der Waals surface area (Å²) in [5.41, 5.74) is 6.84. The molecule has 0 saturated carbocycles. The molecular formula is C10H9N3O2. The van der Waals surface area contributed by atoms with E-state index in [2.05, 4.69) is 4.98 Å². The van der Waals surface area contributed by atoms with Gasteiger partial charge < -0.3 is 5.73 Å². The minimum Gasteiger partial charge on any atom is -0.325 e. The quantitative estimate of drug-likeness (QED) is 0.593. The summed E-state index contributed by atoms with van der Waals surface area (Å²) in [6.45, 7) is 0.332. The van der Waals surface area contributed by atoms with Crippen molar-refractivity contribution in [2.24, 2.45) is 5.73 Å². The molecule has 0 aliphatic rings. The molecule has 0 amide bonds. The van der Waals surface area contributed by atoms with Crippen LogP contribution in [0.15, 0.2) is 30.3 Å². The van der Waals surface area contributed by atoms with Crippen molar-refractivity contribution in [3.63, 3.8) is 0 Å². The zero-order chi connectivity index (χ0) is 10.8. The molecule has 76 valence electrons. The molecule has 0 aliphatic heterocycles. The molecule has 2 aromatic rings. The molecule has 0 atom stereocenters. The fourth-order valence-electron chi connectivity index (χ4n) is 1.45. The number of nitro benzene ring substituents is 1. The Hall–Kier alpha value is -2.01. The van der Waals surface area contributed by atoms with Crippen LogP contribution < -0.4 is 5.73 Å². The van der Waals surface area contributed by atoms with Gasteiger partial charge in [-0.3, -0.25) is 15.1 Å². The SMILES string of the molecule is NCc1ccc2c([N+](=O)[O-])cccc2n1. The average Bonchev–Trinajstić information content (AvgIpc) is 2.27. The lowest BCUT2D eigenvalue weighted by atomic mass is 10.1. The summed E-state index contributed by atoms with van der Waals surface area (Å²) in [5, 5.41) is 11.3. The number of pyridine rings is 1. The van der Waals surface area contributed by atoms with Crippen molar-refractivity contribution >= 4 is 16.6 Å². The summed E-state index contributed by atoms with van der Waals surface area (Å²) >= 11 is 0. The Kier molecular flexibility index (Phi) is 2.31. The van der Waals surface area contributed by atoms with Gasteiger partial charge in [0, 0.05) is 12.6 Å². The number of fused-ring (bicyclic) bond motifs is 1. The third-order valence-electron chi connectivity index (χ3n) is 2.17. The first-order valence-corrected chi connectivity index (χ1v) is 4.45. The van der Waals surface area contributed by atoms with Gasteiger partial charge in [0.2, 0.25) is 0 Å². The van der Waals surface area contributed by atoms with E-state index in [4.69, 9.17) is 5.73 Å². The summed E-state index contributed by atoms with van der Waals surface area (Å²) in [7, 11) is 0. The van der Waals surface area contributed by atoms with Gasteiger partial charge in [0.25, 0.3) is 5.69 Å². The van der Waals surface area contributed by atoms with Gasteiger partial charge in [-0.25, -0.2) is 0 Å². The first kappa shape index (κ1) is 9.54. The first-order chi connectivity index (χ1) is 7.22. The Bertz CT molecular complexity index is 525. The second-order valence-corrected chi connectivity index (χ2v) is 3.11. The van der Waals surface area contributed by atoms with Crippen molar-refractivity contribution in [2.75, 3.05) is 0 Å². The van der Waals surface area contributed by atoms with E-state index in [1.165, 1.54) is 6.07 Å². The highest BCUT2D eigenvalue weighted by atomic mass is 16.6. The average molecular weight is 203 g/mol. The van der Waals surface area contributed by atoms with Crippen LogP contribution >= 0.6 is 0 Å². The molecule has 1 heterocycles. The lowest BCUT2D eigenvalue weighted by Gasteiger charge is -2.00. The fraction of sp³-hybridized carbons (Fsp3) is 0.100. The molecule has 0 fully saturated rings. The molecule has 0 radical (unpaired) electrons. The minimum absolute atomic E-state index is 0.0728. The van der Waals surface area contributed by atoms with E-state index < -0.39 is 4.92 Å². The van der Waals surface area contributed by atoms with Crippen molar-refractivity contribution in [1.82, 2.24) is 4.98 Å². The number of hydrogen-bond donors (Lipinski definition) is 1. The molecule has 1 aromatic heterocycles. The molecule has 1 aromatic carbocycles. The van der Waals surface area contributed by atoms with Gasteiger partial charge >= 0.3 is 0 Å². The molecule has 0 bridgehead atoms. The van der Waals surface area contributed by atoms with Crippen molar-refractivity contribution < 1.29 is 4.92 Å². The minimum atomic E-state index is -0.411. The number of benzene rings is 1. The molecular weight excluding hydrogens is 194 g/mol. The predicted molar refractivity (Wildman–Crippen MR) is 56.3 cm³/mol. The van der Waals surface area contributed by atoms with Crippen molar-refractivity contribution in [3.05, 3.63) is 46.1 Å². The van der Waals surface area contributed by atoms with E-state index in [0.717, 1.165) is 5.69 Å². The normalized spacial score (nSPS) is 10.5. The summed E-state index contributed by atoms with van der Waals surface area (Å²) in [4.78, 5) is 14.5. The highest BCUT2D eigenvalue weighted by Crippen LogP contribution is 2.23. The molecule has 5 nitrogen and oxygen atoms in total. The maximum Gasteiger partial charge on any atom is 0.278 e. The van der Waals surface area contributed by atoms with Crippen LogP contribution in [0.2, 0.25) is 0 Å². The van der Waals surface area contributed by atoms with Gasteiger partial charge in [-0.1, -0.05) is 6.07 Å². The Morgan fingerprint density at radius 3 is 2.80 bits per heavy atom. The van der Waals surface area contributed by atoms with Crippen LogP contribution in [0.4, 0.5) is 5.69 Å². The van der Waals surface area contributed by atoms with E-state index in [1.807, 2.05) is 0 Å². The zero-order valence-corrected chi connectivity index (χ0v) is 7.88. The molecule has 5 heteroatoms. The summed E-state index contributed by atoms with van der Waals surface area (Å²) in [6.07, 6.45) is 0. The third kappa shape index (κ3) is 1.64. The molecule has 0 saturated heterocycles. The first-order valence-electron chi connectivity index (χ1n) is 4.45. The van der Waals surface area contributed by atoms with Gasteiger partial charge in [0.1, 0.15) is 0 Å². The highest BCUT2D eigenvalue weighted by Gasteiger charge is 2.11. The number of nitrogens with zero attached hydrogens (tertiary/aromatic N) is 2. The number of nitro groups is 1. The second-order valence-electron chi connectivity index (χ2n) is 3.11. The molecule has 0 spiro atoms. The molecule has 2 rings (SSSR count). The van der Waals surface area contributed by atoms with Crippen LogP contribution in [0.5, 0.6) is 0 Å². The Morgan fingerprint density at radius 2 is 2.13 bits per heavy atom. The van der Waals surface area contributed by atoms with Crippen LogP contribution in [0.1, 0.15) is 5.69 Å². The highest BCUT2D eigenvalue weighted by molar-refractivity contribution is 5.87. The largest absolute Gasteiger partial charge is 0.325 e. The summed E-state index contributed by atoms with van der Waals surface area (Å²) in [6, 6.07) is 8.21. The molecule has 0 aliphatic carbocycles. The topological polar surface area (TPSA) is 82.0 Å². The van der Waals surface area contributed by atoms with Crippen molar-refractivity contribution in [1.29, 1.82) is 0 Å². The molecule has 0 unspecified atom stereocenters. The summed E-state index contributed by atoms with van der Waals surface area (Å²) < 4.78 is 0. The van der Waals surface area contributed by atoms with E-state index in [0.29, 0.717) is 17.4 Å². The van der Waals surface area contributed by atoms with Crippen LogP contribution in [0.3, 0.4) is 0 Å². The lowest BCUT2D eigenvalue weighted by molar-refractivity contribution is -0.383.